The highest BCUT2D eigenvalue weighted by atomic mass is 79.9. The highest BCUT2D eigenvalue weighted by molar-refractivity contribution is 9.10. The van der Waals surface area contributed by atoms with Gasteiger partial charge in [-0.3, -0.25) is 13.9 Å². The number of carbonyl (C=O) groups excluding carboxylic acids is 2. The zero-order valence-corrected chi connectivity index (χ0v) is 27.2. The van der Waals surface area contributed by atoms with E-state index in [1.807, 2.05) is 45.0 Å². The minimum Gasteiger partial charge on any atom is -0.497 e. The number of benzene rings is 3. The Morgan fingerprint density at radius 2 is 1.57 bits per heavy atom. The molecule has 0 saturated heterocycles. The molecule has 11 heteroatoms. The van der Waals surface area contributed by atoms with Crippen molar-refractivity contribution in [1.29, 1.82) is 0 Å². The molecule has 3 aromatic carbocycles. The van der Waals surface area contributed by atoms with Crippen LogP contribution in [0.3, 0.4) is 0 Å². The van der Waals surface area contributed by atoms with E-state index in [2.05, 4.69) is 21.2 Å². The first-order valence-corrected chi connectivity index (χ1v) is 15.7. The van der Waals surface area contributed by atoms with Crippen LogP contribution in [0.2, 0.25) is 0 Å². The maximum Gasteiger partial charge on any atom is 0.264 e. The van der Waals surface area contributed by atoms with E-state index >= 15 is 0 Å². The highest BCUT2D eigenvalue weighted by Gasteiger charge is 2.34. The van der Waals surface area contributed by atoms with Gasteiger partial charge in [0.25, 0.3) is 10.0 Å². The quantitative estimate of drug-likeness (QED) is 0.272. The molecule has 0 spiro atoms. The van der Waals surface area contributed by atoms with E-state index < -0.39 is 28.5 Å². The summed E-state index contributed by atoms with van der Waals surface area (Å²) >= 11 is 3.42. The monoisotopic (exact) mass is 659 g/mol. The summed E-state index contributed by atoms with van der Waals surface area (Å²) in [6.45, 7) is 7.40. The molecular weight excluding hydrogens is 622 g/mol. The van der Waals surface area contributed by atoms with Crippen LogP contribution in [0.4, 0.5) is 5.69 Å². The molecule has 0 saturated carbocycles. The van der Waals surface area contributed by atoms with Crippen LogP contribution < -0.4 is 19.1 Å². The normalized spacial score (nSPS) is 12.0. The SMILES string of the molecule is COc1ccc(OC)c(N(CC(=O)N(Cc2ccc(Br)cc2)C(C)C(=O)NCC(C)C)S(=O)(=O)c2ccc(C)cc2)c1. The first-order valence-electron chi connectivity index (χ1n) is 13.5. The van der Waals surface area contributed by atoms with Crippen LogP contribution in [0.25, 0.3) is 0 Å². The summed E-state index contributed by atoms with van der Waals surface area (Å²) in [7, 11) is -1.37. The molecule has 42 heavy (non-hydrogen) atoms. The first kappa shape index (κ1) is 32.9. The maximum atomic E-state index is 14.1. The summed E-state index contributed by atoms with van der Waals surface area (Å²) in [5, 5.41) is 2.88. The third kappa shape index (κ3) is 8.25. The molecule has 0 fully saturated rings. The van der Waals surface area contributed by atoms with E-state index in [4.69, 9.17) is 9.47 Å². The van der Waals surface area contributed by atoms with Crippen molar-refractivity contribution in [2.24, 2.45) is 5.92 Å². The van der Waals surface area contributed by atoms with Gasteiger partial charge in [0.05, 0.1) is 24.8 Å². The average Bonchev–Trinajstić information content (AvgIpc) is 2.97. The number of anilines is 1. The Morgan fingerprint density at radius 1 is 0.929 bits per heavy atom. The molecule has 0 aliphatic carbocycles. The lowest BCUT2D eigenvalue weighted by molar-refractivity contribution is -0.139. The van der Waals surface area contributed by atoms with Gasteiger partial charge in [0.15, 0.2) is 0 Å². The molecule has 0 aromatic heterocycles. The first-order chi connectivity index (χ1) is 19.9. The number of nitrogens with one attached hydrogen (secondary N) is 1. The third-order valence-corrected chi connectivity index (χ3v) is 8.96. The van der Waals surface area contributed by atoms with E-state index in [0.29, 0.717) is 12.3 Å². The van der Waals surface area contributed by atoms with Crippen LogP contribution in [0.5, 0.6) is 11.5 Å². The topological polar surface area (TPSA) is 105 Å². The number of rotatable bonds is 13. The van der Waals surface area contributed by atoms with E-state index in [1.54, 1.807) is 31.2 Å². The maximum absolute atomic E-state index is 14.1. The van der Waals surface area contributed by atoms with Gasteiger partial charge in [-0.05, 0) is 61.7 Å². The number of carbonyl (C=O) groups is 2. The number of hydrogen-bond acceptors (Lipinski definition) is 6. The molecule has 3 rings (SSSR count). The van der Waals surface area contributed by atoms with Gasteiger partial charge in [-0.15, -0.1) is 0 Å². The smallest absolute Gasteiger partial charge is 0.264 e. The van der Waals surface area contributed by atoms with Gasteiger partial charge in [-0.2, -0.15) is 0 Å². The number of halogens is 1. The van der Waals surface area contributed by atoms with Crippen LogP contribution in [0.1, 0.15) is 31.9 Å². The van der Waals surface area contributed by atoms with Gasteiger partial charge in [0, 0.05) is 23.6 Å². The van der Waals surface area contributed by atoms with Crippen molar-refractivity contribution in [3.8, 4) is 11.5 Å². The fraction of sp³-hybridized carbons (Fsp3) is 0.355. The Morgan fingerprint density at radius 3 is 2.14 bits per heavy atom. The third-order valence-electron chi connectivity index (χ3n) is 6.66. The van der Waals surface area contributed by atoms with Crippen molar-refractivity contribution in [3.05, 3.63) is 82.3 Å². The van der Waals surface area contributed by atoms with Crippen molar-refractivity contribution in [2.75, 3.05) is 31.6 Å². The predicted octanol–water partition coefficient (Wildman–Crippen LogP) is 5.16. The number of hydrogen-bond donors (Lipinski definition) is 1. The summed E-state index contributed by atoms with van der Waals surface area (Å²) in [4.78, 5) is 28.7. The van der Waals surface area contributed by atoms with E-state index in [1.165, 1.54) is 37.3 Å². The number of aryl methyl sites for hydroxylation is 1. The molecule has 0 heterocycles. The molecule has 1 unspecified atom stereocenters. The minimum atomic E-state index is -4.26. The van der Waals surface area contributed by atoms with Crippen molar-refractivity contribution in [2.45, 2.75) is 45.2 Å². The lowest BCUT2D eigenvalue weighted by atomic mass is 10.1. The second-order valence-corrected chi connectivity index (χ2v) is 13.1. The van der Waals surface area contributed by atoms with E-state index in [9.17, 15) is 18.0 Å². The fourth-order valence-electron chi connectivity index (χ4n) is 4.16. The van der Waals surface area contributed by atoms with E-state index in [-0.39, 0.29) is 34.7 Å². The Bertz CT molecular complexity index is 1480. The van der Waals surface area contributed by atoms with Gasteiger partial charge in [-0.25, -0.2) is 8.42 Å². The molecule has 0 radical (unpaired) electrons. The average molecular weight is 661 g/mol. The largest absolute Gasteiger partial charge is 0.497 e. The summed E-state index contributed by atoms with van der Waals surface area (Å²) in [6, 6.07) is 17.6. The van der Waals surface area contributed by atoms with Gasteiger partial charge < -0.3 is 19.7 Å². The molecule has 3 aromatic rings. The summed E-state index contributed by atoms with van der Waals surface area (Å²) in [5.41, 5.74) is 1.80. The second-order valence-electron chi connectivity index (χ2n) is 10.3. The summed E-state index contributed by atoms with van der Waals surface area (Å²) in [6.07, 6.45) is 0. The zero-order valence-electron chi connectivity index (χ0n) is 24.8. The van der Waals surface area contributed by atoms with Gasteiger partial charge in [0.1, 0.15) is 24.1 Å². The highest BCUT2D eigenvalue weighted by Crippen LogP contribution is 2.36. The van der Waals surface area contributed by atoms with Crippen molar-refractivity contribution < 1.29 is 27.5 Å². The Balaban J connectivity index is 2.10. The van der Waals surface area contributed by atoms with Gasteiger partial charge in [-0.1, -0.05) is 59.6 Å². The zero-order chi connectivity index (χ0) is 31.0. The summed E-state index contributed by atoms with van der Waals surface area (Å²) < 4.78 is 41.0. The van der Waals surface area contributed by atoms with Crippen LogP contribution >= 0.6 is 15.9 Å². The second kappa shape index (κ2) is 14.6. The van der Waals surface area contributed by atoms with Crippen LogP contribution in [0.15, 0.2) is 76.1 Å². The molecule has 0 aliphatic rings. The van der Waals surface area contributed by atoms with Gasteiger partial charge >= 0.3 is 0 Å². The molecular formula is C31H38BrN3O6S. The van der Waals surface area contributed by atoms with Crippen molar-refractivity contribution >= 4 is 43.5 Å². The number of ether oxygens (including phenoxy) is 2. The number of methoxy groups -OCH3 is 2. The molecule has 226 valence electrons. The molecule has 9 nitrogen and oxygen atoms in total. The minimum absolute atomic E-state index is 0.00737. The van der Waals surface area contributed by atoms with Gasteiger partial charge in [0.2, 0.25) is 11.8 Å². The van der Waals surface area contributed by atoms with Crippen molar-refractivity contribution in [3.63, 3.8) is 0 Å². The lowest BCUT2D eigenvalue weighted by Gasteiger charge is -2.32. The van der Waals surface area contributed by atoms with Crippen molar-refractivity contribution in [1.82, 2.24) is 10.2 Å². The fourth-order valence-corrected chi connectivity index (χ4v) is 5.84. The van der Waals surface area contributed by atoms with E-state index in [0.717, 1.165) is 19.9 Å². The molecule has 1 atom stereocenters. The number of nitrogens with zero attached hydrogens (tertiary/aromatic N) is 2. The molecule has 0 bridgehead atoms. The molecule has 1 N–H and O–H groups in total. The Kier molecular flexibility index (Phi) is 11.4. The predicted molar refractivity (Wildman–Crippen MR) is 167 cm³/mol. The Labute approximate surface area is 257 Å². The summed E-state index contributed by atoms with van der Waals surface area (Å²) in [5.74, 6) is -0.0591. The molecule has 2 amide bonds. The van der Waals surface area contributed by atoms with Crippen LogP contribution in [-0.2, 0) is 26.2 Å². The lowest BCUT2D eigenvalue weighted by Crippen LogP contribution is -2.51. The molecule has 0 aliphatic heterocycles. The Hall–Kier alpha value is -3.57. The number of amides is 2. The van der Waals surface area contributed by atoms with Crippen LogP contribution in [-0.4, -0.2) is 58.5 Å². The van der Waals surface area contributed by atoms with Crippen LogP contribution in [0, 0.1) is 12.8 Å². The number of sulfonamides is 1. The standard InChI is InChI=1S/C31H38BrN3O6S/c1-21(2)18-33-31(37)23(4)34(19-24-9-11-25(32)12-10-24)30(36)20-35(28-17-26(40-5)13-16-29(28)41-6)42(38,39)27-14-7-22(3)8-15-27/h7-17,21,23H,18-20H2,1-6H3,(H,33,37).